The van der Waals surface area contributed by atoms with Gasteiger partial charge in [-0.2, -0.15) is 0 Å². The summed E-state index contributed by atoms with van der Waals surface area (Å²) in [5.41, 5.74) is -1.27. The number of amides is 2. The van der Waals surface area contributed by atoms with Gasteiger partial charge < -0.3 is 19.5 Å². The van der Waals surface area contributed by atoms with E-state index >= 15 is 0 Å². The Morgan fingerprint density at radius 1 is 1.16 bits per heavy atom. The maximum absolute atomic E-state index is 13.8. The topological polar surface area (TPSA) is 109 Å². The molecule has 0 aliphatic carbocycles. The molecule has 5 rings (SSSR count). The zero-order valence-electron chi connectivity index (χ0n) is 20.9. The van der Waals surface area contributed by atoms with Gasteiger partial charge in [0, 0.05) is 31.7 Å². The number of nitrogens with zero attached hydrogens (tertiary/aromatic N) is 5. The van der Waals surface area contributed by atoms with Crippen LogP contribution < -0.4 is 5.43 Å². The Balaban J connectivity index is 1.60. The van der Waals surface area contributed by atoms with Gasteiger partial charge in [-0.1, -0.05) is 23.5 Å². The quantitative estimate of drug-likeness (QED) is 0.549. The van der Waals surface area contributed by atoms with Gasteiger partial charge >= 0.3 is 0 Å². The molecular weight excluding hydrogens is 497 g/mol. The first-order chi connectivity index (χ1) is 17.6. The monoisotopic (exact) mass is 525 g/mol. The summed E-state index contributed by atoms with van der Waals surface area (Å²) < 4.78 is 14.7. The first kappa shape index (κ1) is 25.1. The standard InChI is InChI=1S/C26H28FN5O4S/c1-15(2)31-14-26(3,25(36)30-10-4-5-11-30)32-13-18(21(33)22(34)20(32)24(31)35)23-29-28-19(37-23)12-16-6-8-17(27)9-7-16/h6-9,13,15,34H,4-5,10-12,14H2,1-3H3/t26-/m1/s1. The lowest BCUT2D eigenvalue weighted by molar-refractivity contribution is -0.140. The Hall–Kier alpha value is -3.60. The highest BCUT2D eigenvalue weighted by Crippen LogP contribution is 2.36. The van der Waals surface area contributed by atoms with Crippen molar-refractivity contribution in [2.24, 2.45) is 0 Å². The van der Waals surface area contributed by atoms with Gasteiger partial charge in [0.2, 0.25) is 11.3 Å². The molecule has 2 aliphatic rings. The van der Waals surface area contributed by atoms with Gasteiger partial charge in [-0.05, 0) is 51.3 Å². The molecule has 0 saturated carbocycles. The van der Waals surface area contributed by atoms with E-state index in [4.69, 9.17) is 0 Å². The molecule has 37 heavy (non-hydrogen) atoms. The number of hydrogen-bond acceptors (Lipinski definition) is 7. The summed E-state index contributed by atoms with van der Waals surface area (Å²) >= 11 is 1.17. The van der Waals surface area contributed by atoms with Crippen molar-refractivity contribution in [2.45, 2.75) is 51.6 Å². The molecule has 2 amide bonds. The second-order valence-corrected chi connectivity index (χ2v) is 11.1. The number of rotatable bonds is 5. The minimum atomic E-state index is -1.22. The van der Waals surface area contributed by atoms with E-state index in [1.54, 1.807) is 24.0 Å². The van der Waals surface area contributed by atoms with E-state index < -0.39 is 22.6 Å². The fourth-order valence-corrected chi connectivity index (χ4v) is 5.90. The molecular formula is C26H28FN5O4S. The van der Waals surface area contributed by atoms with E-state index in [0.29, 0.717) is 24.5 Å². The maximum atomic E-state index is 13.8. The first-order valence-corrected chi connectivity index (χ1v) is 13.1. The van der Waals surface area contributed by atoms with Crippen molar-refractivity contribution in [2.75, 3.05) is 19.6 Å². The van der Waals surface area contributed by atoms with Gasteiger partial charge in [-0.15, -0.1) is 10.2 Å². The Kier molecular flexibility index (Phi) is 6.35. The SMILES string of the molecule is CC(C)N1C[C@](C)(C(=O)N2CCCC2)n2cc(-c3nnc(Cc4ccc(F)cc4)s3)c(=O)c(O)c2C1=O. The van der Waals surface area contributed by atoms with Crippen molar-refractivity contribution >= 4 is 23.2 Å². The van der Waals surface area contributed by atoms with Crippen LogP contribution in [0.4, 0.5) is 4.39 Å². The van der Waals surface area contributed by atoms with Crippen molar-refractivity contribution < 1.29 is 19.1 Å². The van der Waals surface area contributed by atoms with E-state index in [9.17, 15) is 23.9 Å². The van der Waals surface area contributed by atoms with Gasteiger partial charge in [-0.25, -0.2) is 4.39 Å². The molecule has 4 heterocycles. The van der Waals surface area contributed by atoms with Crippen LogP contribution in [0.3, 0.4) is 0 Å². The molecule has 194 valence electrons. The van der Waals surface area contributed by atoms with E-state index in [1.807, 2.05) is 13.8 Å². The minimum absolute atomic E-state index is 0.0651. The molecule has 11 heteroatoms. The number of pyridine rings is 1. The zero-order valence-corrected chi connectivity index (χ0v) is 21.7. The number of hydrogen-bond donors (Lipinski definition) is 1. The van der Waals surface area contributed by atoms with Crippen molar-refractivity contribution in [1.82, 2.24) is 24.6 Å². The second kappa shape index (κ2) is 9.37. The van der Waals surface area contributed by atoms with E-state index in [0.717, 1.165) is 18.4 Å². The zero-order chi connectivity index (χ0) is 26.5. The van der Waals surface area contributed by atoms with E-state index in [-0.39, 0.29) is 40.6 Å². The number of aromatic nitrogens is 3. The third-order valence-electron chi connectivity index (χ3n) is 7.10. The molecule has 0 radical (unpaired) electrons. The fraction of sp³-hybridized carbons (Fsp3) is 0.423. The molecule has 1 fully saturated rings. The number of halogens is 1. The lowest BCUT2D eigenvalue weighted by Crippen LogP contribution is -2.61. The maximum Gasteiger partial charge on any atom is 0.274 e. The van der Waals surface area contributed by atoms with Crippen molar-refractivity contribution in [3.05, 3.63) is 62.8 Å². The summed E-state index contributed by atoms with van der Waals surface area (Å²) in [6, 6.07) is 5.79. The third-order valence-corrected chi connectivity index (χ3v) is 8.06. The molecule has 2 aliphatic heterocycles. The molecule has 9 nitrogen and oxygen atoms in total. The van der Waals surface area contributed by atoms with Crippen LogP contribution in [-0.2, 0) is 16.8 Å². The molecule has 3 aromatic rings. The smallest absolute Gasteiger partial charge is 0.274 e. The highest BCUT2D eigenvalue weighted by atomic mass is 32.1. The normalized spacial score (nSPS) is 19.5. The average Bonchev–Trinajstić information content (AvgIpc) is 3.56. The van der Waals surface area contributed by atoms with Crippen LogP contribution in [0.25, 0.3) is 10.6 Å². The van der Waals surface area contributed by atoms with Gasteiger partial charge in [0.1, 0.15) is 16.4 Å². The number of carbonyl (C=O) groups excluding carboxylic acids is 2. The predicted molar refractivity (Wildman–Crippen MR) is 136 cm³/mol. The van der Waals surface area contributed by atoms with Gasteiger partial charge in [0.15, 0.2) is 16.5 Å². The second-order valence-electron chi connectivity index (χ2n) is 10.0. The Morgan fingerprint density at radius 3 is 2.49 bits per heavy atom. The molecule has 1 N–H and O–H groups in total. The summed E-state index contributed by atoms with van der Waals surface area (Å²) in [5, 5.41) is 20.2. The summed E-state index contributed by atoms with van der Waals surface area (Å²) in [6.07, 6.45) is 3.67. The number of likely N-dealkylation sites (tertiary alicyclic amines) is 1. The van der Waals surface area contributed by atoms with Gasteiger partial charge in [0.25, 0.3) is 5.91 Å². The molecule has 1 aromatic carbocycles. The molecule has 0 unspecified atom stereocenters. The minimum Gasteiger partial charge on any atom is -0.503 e. The van der Waals surface area contributed by atoms with Crippen LogP contribution >= 0.6 is 11.3 Å². The highest BCUT2D eigenvalue weighted by Gasteiger charge is 2.49. The van der Waals surface area contributed by atoms with Gasteiger partial charge in [-0.3, -0.25) is 14.4 Å². The van der Waals surface area contributed by atoms with Crippen LogP contribution in [0, 0.1) is 5.82 Å². The predicted octanol–water partition coefficient (Wildman–Crippen LogP) is 3.00. The lowest BCUT2D eigenvalue weighted by atomic mass is 9.93. The third kappa shape index (κ3) is 4.30. The molecule has 2 aromatic heterocycles. The first-order valence-electron chi connectivity index (χ1n) is 12.3. The average molecular weight is 526 g/mol. The Labute approximate surface area is 217 Å². The molecule has 1 saturated heterocycles. The van der Waals surface area contributed by atoms with Crippen LogP contribution in [0.1, 0.15) is 54.7 Å². The van der Waals surface area contributed by atoms with Crippen LogP contribution in [0.5, 0.6) is 5.75 Å². The summed E-state index contributed by atoms with van der Waals surface area (Å²) in [6.45, 7) is 6.78. The molecule has 0 bridgehead atoms. The fourth-order valence-electron chi connectivity index (χ4n) is 5.02. The lowest BCUT2D eigenvalue weighted by Gasteiger charge is -2.45. The molecule has 1 atom stereocenters. The summed E-state index contributed by atoms with van der Waals surface area (Å²) in [5.74, 6) is -1.70. The van der Waals surface area contributed by atoms with E-state index in [1.165, 1.54) is 39.1 Å². The Morgan fingerprint density at radius 2 is 1.84 bits per heavy atom. The molecule has 0 spiro atoms. The summed E-state index contributed by atoms with van der Waals surface area (Å²) in [4.78, 5) is 43.7. The van der Waals surface area contributed by atoms with Crippen molar-refractivity contribution in [3.63, 3.8) is 0 Å². The van der Waals surface area contributed by atoms with Gasteiger partial charge in [0.05, 0.1) is 12.1 Å². The number of fused-ring (bicyclic) bond motifs is 1. The number of benzene rings is 1. The number of aromatic hydroxyl groups is 1. The summed E-state index contributed by atoms with van der Waals surface area (Å²) in [7, 11) is 0. The van der Waals surface area contributed by atoms with Crippen LogP contribution in [0.15, 0.2) is 35.3 Å². The van der Waals surface area contributed by atoms with Crippen LogP contribution in [-0.4, -0.2) is 67.2 Å². The van der Waals surface area contributed by atoms with Crippen LogP contribution in [0.2, 0.25) is 0 Å². The Bertz CT molecular complexity index is 1430. The van der Waals surface area contributed by atoms with Crippen molar-refractivity contribution in [3.8, 4) is 16.3 Å². The highest BCUT2D eigenvalue weighted by molar-refractivity contribution is 7.14. The number of carbonyl (C=O) groups is 2. The largest absolute Gasteiger partial charge is 0.503 e. The van der Waals surface area contributed by atoms with E-state index in [2.05, 4.69) is 10.2 Å². The van der Waals surface area contributed by atoms with Crippen molar-refractivity contribution in [1.29, 1.82) is 0 Å².